The highest BCUT2D eigenvalue weighted by molar-refractivity contribution is 6.03. The summed E-state index contributed by atoms with van der Waals surface area (Å²) in [5, 5.41) is 3.11. The molecular formula is C16H26N2O3. The molecule has 0 bridgehead atoms. The van der Waals surface area contributed by atoms with Crippen LogP contribution in [0, 0.1) is 13.8 Å². The van der Waals surface area contributed by atoms with Gasteiger partial charge in [-0.3, -0.25) is 4.79 Å². The van der Waals surface area contributed by atoms with E-state index >= 15 is 0 Å². The van der Waals surface area contributed by atoms with E-state index in [-0.39, 0.29) is 11.8 Å². The fraction of sp³-hybridized carbons (Fsp3) is 0.625. The van der Waals surface area contributed by atoms with Gasteiger partial charge in [-0.1, -0.05) is 6.92 Å². The number of hydrogen-bond acceptors (Lipinski definition) is 4. The number of nitrogens with one attached hydrogen (secondary N) is 1. The Bertz CT molecular complexity index is 518. The molecule has 0 aromatic carbocycles. The Labute approximate surface area is 126 Å². The number of ketones is 1. The summed E-state index contributed by atoms with van der Waals surface area (Å²) in [6, 6.07) is 0. The second-order valence-electron chi connectivity index (χ2n) is 5.00. The van der Waals surface area contributed by atoms with Crippen LogP contribution < -0.4 is 5.32 Å². The first-order valence-corrected chi connectivity index (χ1v) is 7.60. The van der Waals surface area contributed by atoms with Crippen molar-refractivity contribution in [2.75, 3.05) is 19.7 Å². The molecule has 21 heavy (non-hydrogen) atoms. The van der Waals surface area contributed by atoms with E-state index < -0.39 is 0 Å². The number of carbonyl (C=O) groups excluding carboxylic acids is 2. The summed E-state index contributed by atoms with van der Waals surface area (Å²) in [6.45, 7) is 11.6. The molecule has 0 radical (unpaired) electrons. The fourth-order valence-electron chi connectivity index (χ4n) is 2.63. The van der Waals surface area contributed by atoms with Crippen LogP contribution in [0.2, 0.25) is 0 Å². The lowest BCUT2D eigenvalue weighted by molar-refractivity contribution is 0.0512. The van der Waals surface area contributed by atoms with Gasteiger partial charge in [0.1, 0.15) is 5.69 Å². The van der Waals surface area contributed by atoms with Gasteiger partial charge in [0.15, 0.2) is 5.78 Å². The maximum absolute atomic E-state index is 12.4. The molecule has 1 aromatic heterocycles. The maximum atomic E-state index is 12.4. The molecule has 118 valence electrons. The number of Topliss-reactive ketones (excluding diaryl/α,β-unsaturated/α-hetero) is 1. The SMILES string of the molecule is CCCNCC(=O)c1c(C)c(C(=O)OCC)n(CC)c1C. The zero-order chi connectivity index (χ0) is 16.0. The van der Waals surface area contributed by atoms with Crippen molar-refractivity contribution >= 4 is 11.8 Å². The normalized spacial score (nSPS) is 10.7. The van der Waals surface area contributed by atoms with E-state index in [0.29, 0.717) is 31.0 Å². The van der Waals surface area contributed by atoms with E-state index in [1.807, 2.05) is 25.3 Å². The van der Waals surface area contributed by atoms with E-state index in [9.17, 15) is 9.59 Å². The van der Waals surface area contributed by atoms with Gasteiger partial charge in [0.05, 0.1) is 13.2 Å². The number of aromatic nitrogens is 1. The number of hydrogen-bond donors (Lipinski definition) is 1. The van der Waals surface area contributed by atoms with Gasteiger partial charge in [0.25, 0.3) is 0 Å². The van der Waals surface area contributed by atoms with Crippen molar-refractivity contribution in [1.29, 1.82) is 0 Å². The lowest BCUT2D eigenvalue weighted by Crippen LogP contribution is -2.24. The van der Waals surface area contributed by atoms with Crippen LogP contribution in [0.25, 0.3) is 0 Å². The summed E-state index contributed by atoms with van der Waals surface area (Å²) in [5.74, 6) is -0.336. The van der Waals surface area contributed by atoms with Gasteiger partial charge in [0, 0.05) is 17.8 Å². The van der Waals surface area contributed by atoms with E-state index in [0.717, 1.165) is 24.2 Å². The molecule has 0 aliphatic rings. The highest BCUT2D eigenvalue weighted by Gasteiger charge is 2.26. The second-order valence-corrected chi connectivity index (χ2v) is 5.00. The number of nitrogens with zero attached hydrogens (tertiary/aromatic N) is 1. The number of ether oxygens (including phenoxy) is 1. The Morgan fingerprint density at radius 1 is 1.19 bits per heavy atom. The Hall–Kier alpha value is -1.62. The minimum atomic E-state index is -0.361. The molecule has 0 fully saturated rings. The first-order chi connectivity index (χ1) is 9.99. The van der Waals surface area contributed by atoms with Crippen LogP contribution >= 0.6 is 0 Å². The molecule has 0 spiro atoms. The summed E-state index contributed by atoms with van der Waals surface area (Å²) in [7, 11) is 0. The molecule has 0 aliphatic heterocycles. The second kappa shape index (κ2) is 7.98. The summed E-state index contributed by atoms with van der Waals surface area (Å²) >= 11 is 0. The minimum Gasteiger partial charge on any atom is -0.461 e. The Morgan fingerprint density at radius 3 is 2.38 bits per heavy atom. The van der Waals surface area contributed by atoms with Crippen LogP contribution in [0.1, 0.15) is 59.3 Å². The predicted molar refractivity (Wildman–Crippen MR) is 83.0 cm³/mol. The van der Waals surface area contributed by atoms with E-state index in [2.05, 4.69) is 12.2 Å². The number of rotatable bonds is 8. The predicted octanol–water partition coefficient (Wildman–Crippen LogP) is 2.48. The summed E-state index contributed by atoms with van der Waals surface area (Å²) in [5.41, 5.74) is 2.69. The van der Waals surface area contributed by atoms with Gasteiger partial charge in [0.2, 0.25) is 0 Å². The molecule has 1 heterocycles. The maximum Gasteiger partial charge on any atom is 0.355 e. The average Bonchev–Trinajstić information content (AvgIpc) is 2.69. The van der Waals surface area contributed by atoms with Gasteiger partial charge in [-0.05, 0) is 46.2 Å². The summed E-state index contributed by atoms with van der Waals surface area (Å²) < 4.78 is 6.97. The van der Waals surface area contributed by atoms with Crippen molar-refractivity contribution in [2.45, 2.75) is 47.6 Å². The molecule has 0 aliphatic carbocycles. The molecule has 0 saturated heterocycles. The van der Waals surface area contributed by atoms with E-state index in [4.69, 9.17) is 4.74 Å². The Morgan fingerprint density at radius 2 is 1.86 bits per heavy atom. The van der Waals surface area contributed by atoms with Crippen molar-refractivity contribution in [3.8, 4) is 0 Å². The van der Waals surface area contributed by atoms with E-state index in [1.54, 1.807) is 6.92 Å². The van der Waals surface area contributed by atoms with Gasteiger partial charge in [-0.25, -0.2) is 4.79 Å². The third kappa shape index (κ3) is 3.73. The molecular weight excluding hydrogens is 268 g/mol. The largest absolute Gasteiger partial charge is 0.461 e. The number of carbonyl (C=O) groups is 2. The molecule has 1 N–H and O–H groups in total. The Balaban J connectivity index is 3.16. The van der Waals surface area contributed by atoms with Crippen LogP contribution in [0.3, 0.4) is 0 Å². The van der Waals surface area contributed by atoms with Gasteiger partial charge in [-0.15, -0.1) is 0 Å². The lowest BCUT2D eigenvalue weighted by Gasteiger charge is -2.08. The number of esters is 1. The summed E-state index contributed by atoms with van der Waals surface area (Å²) in [4.78, 5) is 24.5. The topological polar surface area (TPSA) is 60.3 Å². The molecule has 0 atom stereocenters. The third-order valence-electron chi connectivity index (χ3n) is 3.54. The molecule has 5 heteroatoms. The van der Waals surface area contributed by atoms with Crippen molar-refractivity contribution in [3.63, 3.8) is 0 Å². The molecule has 0 unspecified atom stereocenters. The zero-order valence-corrected chi connectivity index (χ0v) is 13.7. The molecule has 1 rings (SSSR count). The van der Waals surface area contributed by atoms with Crippen molar-refractivity contribution < 1.29 is 14.3 Å². The molecule has 0 saturated carbocycles. The minimum absolute atomic E-state index is 0.0243. The van der Waals surface area contributed by atoms with E-state index in [1.165, 1.54) is 0 Å². The fourth-order valence-corrected chi connectivity index (χ4v) is 2.63. The quantitative estimate of drug-likeness (QED) is 0.454. The highest BCUT2D eigenvalue weighted by Crippen LogP contribution is 2.23. The summed E-state index contributed by atoms with van der Waals surface area (Å²) in [6.07, 6.45) is 0.981. The van der Waals surface area contributed by atoms with Crippen LogP contribution in [-0.4, -0.2) is 36.0 Å². The van der Waals surface area contributed by atoms with Gasteiger partial charge >= 0.3 is 5.97 Å². The third-order valence-corrected chi connectivity index (χ3v) is 3.54. The smallest absolute Gasteiger partial charge is 0.355 e. The monoisotopic (exact) mass is 294 g/mol. The van der Waals surface area contributed by atoms with Crippen LogP contribution in [0.15, 0.2) is 0 Å². The van der Waals surface area contributed by atoms with Crippen LogP contribution in [-0.2, 0) is 11.3 Å². The van der Waals surface area contributed by atoms with Crippen LogP contribution in [0.4, 0.5) is 0 Å². The lowest BCUT2D eigenvalue weighted by atomic mass is 10.1. The Kier molecular flexibility index (Phi) is 6.62. The standard InChI is InChI=1S/C16H26N2O3/c1-6-9-17-10-13(19)14-11(4)15(16(20)21-8-3)18(7-2)12(14)5/h17H,6-10H2,1-5H3. The van der Waals surface area contributed by atoms with Crippen molar-refractivity contribution in [3.05, 3.63) is 22.5 Å². The molecule has 0 amide bonds. The zero-order valence-electron chi connectivity index (χ0n) is 13.7. The van der Waals surface area contributed by atoms with Gasteiger partial charge < -0.3 is 14.6 Å². The first-order valence-electron chi connectivity index (χ1n) is 7.60. The van der Waals surface area contributed by atoms with Crippen molar-refractivity contribution in [1.82, 2.24) is 9.88 Å². The van der Waals surface area contributed by atoms with Crippen molar-refractivity contribution in [2.24, 2.45) is 0 Å². The average molecular weight is 294 g/mol. The highest BCUT2D eigenvalue weighted by atomic mass is 16.5. The molecule has 1 aromatic rings. The first kappa shape index (κ1) is 17.4. The van der Waals surface area contributed by atoms with Gasteiger partial charge in [-0.2, -0.15) is 0 Å². The van der Waals surface area contributed by atoms with Crippen LogP contribution in [0.5, 0.6) is 0 Å². The molecule has 5 nitrogen and oxygen atoms in total.